The molecule has 8 nitrogen and oxygen atoms in total. The predicted octanol–water partition coefficient (Wildman–Crippen LogP) is 1.57. The lowest BCUT2D eigenvalue weighted by Crippen LogP contribution is -2.47. The number of rotatable bonds is 7. The van der Waals surface area contributed by atoms with Crippen molar-refractivity contribution >= 4 is 17.5 Å². The Labute approximate surface area is 163 Å². The Hall–Kier alpha value is -2.87. The molecule has 1 heterocycles. The standard InChI is InChI=1S/C20H26N4O4/c25-14-15-5-1-2-8-18(15)23-20(27)19(26)22-16-6-3-7-17(13-16)28-12-11-24-10-4-9-21-24/h3-4,6-7,9-10,13,15,18,25H,1-2,5,8,11-12,14H2,(H,22,26)(H,23,27)/t15-,18+/m1/s1. The van der Waals surface area contributed by atoms with E-state index in [4.69, 9.17) is 4.74 Å². The number of nitrogens with zero attached hydrogens (tertiary/aromatic N) is 2. The van der Waals surface area contributed by atoms with Crippen molar-refractivity contribution in [1.82, 2.24) is 15.1 Å². The maximum atomic E-state index is 12.2. The van der Waals surface area contributed by atoms with Crippen LogP contribution in [0, 0.1) is 5.92 Å². The number of aliphatic hydroxyl groups excluding tert-OH is 1. The Balaban J connectivity index is 1.49. The molecule has 1 aliphatic carbocycles. The third kappa shape index (κ3) is 5.56. The molecule has 1 aromatic carbocycles. The number of anilines is 1. The summed E-state index contributed by atoms with van der Waals surface area (Å²) in [5, 5.41) is 18.9. The topological polar surface area (TPSA) is 105 Å². The molecule has 0 unspecified atom stereocenters. The van der Waals surface area contributed by atoms with Crippen molar-refractivity contribution in [3.05, 3.63) is 42.7 Å². The number of hydrogen-bond acceptors (Lipinski definition) is 5. The zero-order valence-electron chi connectivity index (χ0n) is 15.7. The van der Waals surface area contributed by atoms with Crippen molar-refractivity contribution in [1.29, 1.82) is 0 Å². The van der Waals surface area contributed by atoms with Gasteiger partial charge in [-0.25, -0.2) is 0 Å². The highest BCUT2D eigenvalue weighted by molar-refractivity contribution is 6.39. The number of aliphatic hydroxyl groups is 1. The first kappa shape index (κ1) is 19.9. The Bertz CT molecular complexity index is 778. The number of ether oxygens (including phenoxy) is 1. The fraction of sp³-hybridized carbons (Fsp3) is 0.450. The van der Waals surface area contributed by atoms with Crippen molar-refractivity contribution in [3.63, 3.8) is 0 Å². The van der Waals surface area contributed by atoms with E-state index in [9.17, 15) is 14.7 Å². The summed E-state index contributed by atoms with van der Waals surface area (Å²) in [6, 6.07) is 8.59. The number of benzene rings is 1. The molecular formula is C20H26N4O4. The summed E-state index contributed by atoms with van der Waals surface area (Å²) in [5.41, 5.74) is 0.485. The monoisotopic (exact) mass is 386 g/mol. The molecule has 3 rings (SSSR count). The van der Waals surface area contributed by atoms with Crippen molar-refractivity contribution in [2.45, 2.75) is 38.3 Å². The molecule has 2 atom stereocenters. The van der Waals surface area contributed by atoms with Crippen LogP contribution >= 0.6 is 0 Å². The molecule has 2 aromatic rings. The molecule has 1 saturated carbocycles. The zero-order chi connectivity index (χ0) is 19.8. The molecule has 28 heavy (non-hydrogen) atoms. The van der Waals surface area contributed by atoms with Crippen molar-refractivity contribution in [2.75, 3.05) is 18.5 Å². The van der Waals surface area contributed by atoms with E-state index in [2.05, 4.69) is 15.7 Å². The first-order valence-electron chi connectivity index (χ1n) is 9.58. The SMILES string of the molecule is O=C(Nc1cccc(OCCn2cccn2)c1)C(=O)N[C@H]1CCCC[C@@H]1CO. The van der Waals surface area contributed by atoms with E-state index in [1.165, 1.54) is 0 Å². The number of amides is 2. The van der Waals surface area contributed by atoms with Crippen LogP contribution in [-0.2, 0) is 16.1 Å². The molecule has 150 valence electrons. The number of carbonyl (C=O) groups is 2. The maximum Gasteiger partial charge on any atom is 0.313 e. The lowest BCUT2D eigenvalue weighted by Gasteiger charge is -2.30. The highest BCUT2D eigenvalue weighted by Gasteiger charge is 2.27. The highest BCUT2D eigenvalue weighted by atomic mass is 16.5. The Morgan fingerprint density at radius 1 is 1.21 bits per heavy atom. The van der Waals surface area contributed by atoms with Crippen LogP contribution in [0.2, 0.25) is 0 Å². The van der Waals surface area contributed by atoms with Gasteiger partial charge in [0.25, 0.3) is 0 Å². The molecule has 1 aromatic heterocycles. The summed E-state index contributed by atoms with van der Waals surface area (Å²) in [6.45, 7) is 1.06. The van der Waals surface area contributed by atoms with Gasteiger partial charge in [0.1, 0.15) is 12.4 Å². The second-order valence-corrected chi connectivity index (χ2v) is 6.91. The van der Waals surface area contributed by atoms with Crippen LogP contribution in [0.25, 0.3) is 0 Å². The molecule has 8 heteroatoms. The molecular weight excluding hydrogens is 360 g/mol. The summed E-state index contributed by atoms with van der Waals surface area (Å²) in [6.07, 6.45) is 7.23. The Kier molecular flexibility index (Phi) is 7.02. The largest absolute Gasteiger partial charge is 0.492 e. The summed E-state index contributed by atoms with van der Waals surface area (Å²) >= 11 is 0. The smallest absolute Gasteiger partial charge is 0.313 e. The van der Waals surface area contributed by atoms with E-state index in [0.717, 1.165) is 25.7 Å². The average molecular weight is 386 g/mol. The molecule has 1 fully saturated rings. The van der Waals surface area contributed by atoms with Crippen LogP contribution in [0.3, 0.4) is 0 Å². The van der Waals surface area contributed by atoms with E-state index >= 15 is 0 Å². The third-order valence-corrected chi connectivity index (χ3v) is 4.91. The molecule has 0 saturated heterocycles. The molecule has 1 aliphatic rings. The summed E-state index contributed by atoms with van der Waals surface area (Å²) in [5.74, 6) is -0.804. The van der Waals surface area contributed by atoms with Gasteiger partial charge in [-0.05, 0) is 31.0 Å². The van der Waals surface area contributed by atoms with Gasteiger partial charge in [0, 0.05) is 42.7 Å². The Morgan fingerprint density at radius 3 is 2.86 bits per heavy atom. The molecule has 0 radical (unpaired) electrons. The zero-order valence-corrected chi connectivity index (χ0v) is 15.7. The lowest BCUT2D eigenvalue weighted by atomic mass is 9.85. The van der Waals surface area contributed by atoms with Crippen molar-refractivity contribution in [2.24, 2.45) is 5.92 Å². The van der Waals surface area contributed by atoms with Crippen LogP contribution in [-0.4, -0.2) is 46.0 Å². The van der Waals surface area contributed by atoms with Crippen molar-refractivity contribution < 1.29 is 19.4 Å². The minimum atomic E-state index is -0.726. The van der Waals surface area contributed by atoms with Crippen LogP contribution in [0.5, 0.6) is 5.75 Å². The number of nitrogens with one attached hydrogen (secondary N) is 2. The minimum Gasteiger partial charge on any atom is -0.492 e. The van der Waals surface area contributed by atoms with Gasteiger partial charge in [0.15, 0.2) is 0 Å². The number of hydrogen-bond donors (Lipinski definition) is 3. The van der Waals surface area contributed by atoms with E-state index in [1.807, 2.05) is 12.3 Å². The fourth-order valence-corrected chi connectivity index (χ4v) is 3.39. The first-order valence-corrected chi connectivity index (χ1v) is 9.58. The highest BCUT2D eigenvalue weighted by Crippen LogP contribution is 2.24. The quantitative estimate of drug-likeness (QED) is 0.627. The van der Waals surface area contributed by atoms with E-state index < -0.39 is 11.8 Å². The molecule has 0 spiro atoms. The first-order chi connectivity index (χ1) is 13.7. The number of carbonyl (C=O) groups excluding carboxylic acids is 2. The second-order valence-electron chi connectivity index (χ2n) is 6.91. The summed E-state index contributed by atoms with van der Waals surface area (Å²) in [4.78, 5) is 24.4. The van der Waals surface area contributed by atoms with Gasteiger partial charge in [0.2, 0.25) is 0 Å². The van der Waals surface area contributed by atoms with Gasteiger partial charge >= 0.3 is 11.8 Å². The summed E-state index contributed by atoms with van der Waals surface area (Å²) < 4.78 is 7.44. The normalized spacial score (nSPS) is 19.0. The average Bonchev–Trinajstić information content (AvgIpc) is 3.22. The fourth-order valence-electron chi connectivity index (χ4n) is 3.39. The van der Waals surface area contributed by atoms with Gasteiger partial charge in [-0.1, -0.05) is 18.9 Å². The number of aromatic nitrogens is 2. The van der Waals surface area contributed by atoms with Crippen LogP contribution in [0.15, 0.2) is 42.7 Å². The van der Waals surface area contributed by atoms with E-state index in [-0.39, 0.29) is 18.6 Å². The van der Waals surface area contributed by atoms with Gasteiger partial charge in [-0.2, -0.15) is 5.10 Å². The molecule has 2 amide bonds. The third-order valence-electron chi connectivity index (χ3n) is 4.91. The maximum absolute atomic E-state index is 12.2. The van der Waals surface area contributed by atoms with Gasteiger partial charge in [-0.15, -0.1) is 0 Å². The van der Waals surface area contributed by atoms with Crippen LogP contribution < -0.4 is 15.4 Å². The molecule has 3 N–H and O–H groups in total. The van der Waals surface area contributed by atoms with Crippen molar-refractivity contribution in [3.8, 4) is 5.75 Å². The predicted molar refractivity (Wildman–Crippen MR) is 104 cm³/mol. The van der Waals surface area contributed by atoms with Gasteiger partial charge < -0.3 is 20.5 Å². The van der Waals surface area contributed by atoms with Gasteiger partial charge in [-0.3, -0.25) is 14.3 Å². The van der Waals surface area contributed by atoms with Gasteiger partial charge in [0.05, 0.1) is 6.54 Å². The van der Waals surface area contributed by atoms with E-state index in [1.54, 1.807) is 35.1 Å². The van der Waals surface area contributed by atoms with E-state index in [0.29, 0.717) is 24.6 Å². The summed E-state index contributed by atoms with van der Waals surface area (Å²) in [7, 11) is 0. The molecule has 0 bridgehead atoms. The van der Waals surface area contributed by atoms with Crippen LogP contribution in [0.1, 0.15) is 25.7 Å². The molecule has 0 aliphatic heterocycles. The second kappa shape index (κ2) is 9.89. The Morgan fingerprint density at radius 2 is 2.07 bits per heavy atom. The minimum absolute atomic E-state index is 0.0111. The van der Waals surface area contributed by atoms with Crippen LogP contribution in [0.4, 0.5) is 5.69 Å². The lowest BCUT2D eigenvalue weighted by molar-refractivity contribution is -0.137.